The minimum Gasteiger partial charge on any atom is -0.503 e. The second-order valence-corrected chi connectivity index (χ2v) is 11.4. The number of allylic oxidation sites excluding steroid dienone is 3. The molecule has 5 rings (SSSR count). The van der Waals surface area contributed by atoms with Gasteiger partial charge >= 0.3 is 5.97 Å². The van der Waals surface area contributed by atoms with Crippen molar-refractivity contribution in [3.8, 4) is 17.2 Å². The number of phenols is 1. The van der Waals surface area contributed by atoms with Gasteiger partial charge in [-0.1, -0.05) is 41.9 Å². The number of dihydropyridines is 1. The molecule has 0 bridgehead atoms. The van der Waals surface area contributed by atoms with Crippen LogP contribution in [-0.4, -0.2) is 36.7 Å². The Kier molecular flexibility index (Phi) is 9.24. The fraction of sp³-hybridized carbons (Fsp3) is 0.273. The van der Waals surface area contributed by atoms with Crippen LogP contribution in [0.1, 0.15) is 49.7 Å². The molecule has 218 valence electrons. The van der Waals surface area contributed by atoms with Crippen LogP contribution in [0, 0.1) is 0 Å². The molecule has 1 aliphatic heterocycles. The highest BCUT2D eigenvalue weighted by molar-refractivity contribution is 9.10. The van der Waals surface area contributed by atoms with E-state index in [1.165, 1.54) is 0 Å². The van der Waals surface area contributed by atoms with Gasteiger partial charge in [0.05, 0.1) is 16.7 Å². The molecule has 3 aromatic carbocycles. The second kappa shape index (κ2) is 13.0. The van der Waals surface area contributed by atoms with Crippen molar-refractivity contribution in [1.29, 1.82) is 0 Å². The molecule has 2 aliphatic rings. The zero-order valence-electron chi connectivity index (χ0n) is 23.3. The summed E-state index contributed by atoms with van der Waals surface area (Å²) in [6.45, 7) is 4.16. The number of nitrogens with one attached hydrogen (secondary N) is 1. The SMILES string of the molecule is CCOc1cc([C@H]2C(C(=O)OCCOc3ccccc3)=C(C)NC3=C2C(=O)C[C@H](c2ccc(Cl)cc2)C3)cc(Br)c1O. The monoisotopic (exact) mass is 651 g/mol. The molecular formula is C33H31BrClNO6. The molecule has 0 radical (unpaired) electrons. The lowest BCUT2D eigenvalue weighted by molar-refractivity contribution is -0.140. The van der Waals surface area contributed by atoms with Crippen molar-refractivity contribution in [3.63, 3.8) is 0 Å². The van der Waals surface area contributed by atoms with E-state index in [1.54, 1.807) is 12.1 Å². The lowest BCUT2D eigenvalue weighted by Crippen LogP contribution is -2.36. The molecule has 1 aliphatic carbocycles. The first kappa shape index (κ1) is 29.7. The third kappa shape index (κ3) is 6.35. The van der Waals surface area contributed by atoms with Crippen LogP contribution in [0.15, 0.2) is 93.7 Å². The third-order valence-electron chi connectivity index (χ3n) is 7.40. The van der Waals surface area contributed by atoms with Gasteiger partial charge < -0.3 is 24.6 Å². The van der Waals surface area contributed by atoms with Gasteiger partial charge in [-0.15, -0.1) is 0 Å². The van der Waals surface area contributed by atoms with E-state index < -0.39 is 11.9 Å². The number of hydrogen-bond donors (Lipinski definition) is 2. The Bertz CT molecular complexity index is 1550. The predicted molar refractivity (Wildman–Crippen MR) is 164 cm³/mol. The summed E-state index contributed by atoms with van der Waals surface area (Å²) < 4.78 is 17.4. The van der Waals surface area contributed by atoms with E-state index in [-0.39, 0.29) is 42.8 Å². The lowest BCUT2D eigenvalue weighted by atomic mass is 9.71. The van der Waals surface area contributed by atoms with Crippen LogP contribution in [0.2, 0.25) is 5.02 Å². The van der Waals surface area contributed by atoms with Crippen LogP contribution in [0.5, 0.6) is 17.2 Å². The minimum absolute atomic E-state index is 0.0270. The first-order valence-electron chi connectivity index (χ1n) is 13.8. The molecule has 0 unspecified atom stereocenters. The number of ketones is 1. The number of para-hydroxylation sites is 1. The van der Waals surface area contributed by atoms with Gasteiger partial charge in [-0.05, 0) is 89.6 Å². The summed E-state index contributed by atoms with van der Waals surface area (Å²) in [6, 6.07) is 20.2. The van der Waals surface area contributed by atoms with Gasteiger partial charge in [0.25, 0.3) is 0 Å². The van der Waals surface area contributed by atoms with E-state index in [1.807, 2.05) is 68.4 Å². The van der Waals surface area contributed by atoms with Crippen molar-refractivity contribution in [1.82, 2.24) is 5.32 Å². The Labute approximate surface area is 258 Å². The number of carbonyl (C=O) groups excluding carboxylic acids is 2. The highest BCUT2D eigenvalue weighted by atomic mass is 79.9. The number of ether oxygens (including phenoxy) is 3. The van der Waals surface area contributed by atoms with E-state index >= 15 is 0 Å². The topological polar surface area (TPSA) is 94.1 Å². The summed E-state index contributed by atoms with van der Waals surface area (Å²) in [5, 5.41) is 14.6. The molecule has 3 aromatic rings. The van der Waals surface area contributed by atoms with E-state index in [9.17, 15) is 14.7 Å². The zero-order chi connectivity index (χ0) is 29.8. The van der Waals surface area contributed by atoms with Crippen LogP contribution in [0.3, 0.4) is 0 Å². The standard InChI is InChI=1S/C33H31BrClNO6/c1-3-40-28-18-22(15-25(34)32(28)38)30-29(33(39)42-14-13-41-24-7-5-4-6-8-24)19(2)36-26-16-21(17-27(37)31(26)30)20-9-11-23(35)12-10-20/h4-12,15,18,21,30,36,38H,3,13-14,16-17H2,1-2H3/t21-,30+/m1/s1. The van der Waals surface area contributed by atoms with Gasteiger partial charge in [0.15, 0.2) is 17.3 Å². The summed E-state index contributed by atoms with van der Waals surface area (Å²) in [4.78, 5) is 27.6. The van der Waals surface area contributed by atoms with E-state index in [0.29, 0.717) is 50.7 Å². The zero-order valence-corrected chi connectivity index (χ0v) is 25.6. The number of halogens is 2. The summed E-state index contributed by atoms with van der Waals surface area (Å²) in [5.74, 6) is -0.501. The van der Waals surface area contributed by atoms with E-state index in [4.69, 9.17) is 25.8 Å². The molecule has 0 amide bonds. The minimum atomic E-state index is -0.724. The Morgan fingerprint density at radius 1 is 1.02 bits per heavy atom. The first-order chi connectivity index (χ1) is 20.3. The summed E-state index contributed by atoms with van der Waals surface area (Å²) >= 11 is 9.52. The third-order valence-corrected chi connectivity index (χ3v) is 8.26. The van der Waals surface area contributed by atoms with Gasteiger partial charge in [-0.2, -0.15) is 0 Å². The molecule has 2 N–H and O–H groups in total. The molecule has 0 fully saturated rings. The van der Waals surface area contributed by atoms with Crippen molar-refractivity contribution in [2.75, 3.05) is 19.8 Å². The molecule has 2 atom stereocenters. The Balaban J connectivity index is 1.48. The van der Waals surface area contributed by atoms with Crippen LogP contribution in [0.25, 0.3) is 0 Å². The van der Waals surface area contributed by atoms with Crippen LogP contribution in [-0.2, 0) is 14.3 Å². The predicted octanol–water partition coefficient (Wildman–Crippen LogP) is 7.19. The van der Waals surface area contributed by atoms with Gasteiger partial charge in [0, 0.05) is 34.3 Å². The van der Waals surface area contributed by atoms with Crippen molar-refractivity contribution in [2.45, 2.75) is 38.5 Å². The maximum absolute atomic E-state index is 13.9. The number of carbonyl (C=O) groups is 2. The van der Waals surface area contributed by atoms with Crippen molar-refractivity contribution in [2.24, 2.45) is 0 Å². The van der Waals surface area contributed by atoms with Gasteiger partial charge in [-0.3, -0.25) is 4.79 Å². The summed E-state index contributed by atoms with van der Waals surface area (Å²) in [6.07, 6.45) is 0.865. The normalized spacial score (nSPS) is 18.3. The number of hydrogen-bond acceptors (Lipinski definition) is 7. The summed E-state index contributed by atoms with van der Waals surface area (Å²) in [5.41, 5.74) is 3.85. The van der Waals surface area contributed by atoms with Crippen LogP contribution < -0.4 is 14.8 Å². The maximum Gasteiger partial charge on any atom is 0.336 e. The molecule has 0 saturated heterocycles. The molecule has 0 saturated carbocycles. The molecule has 1 heterocycles. The number of phenolic OH excluding ortho intramolecular Hbond substituents is 1. The van der Waals surface area contributed by atoms with Crippen molar-refractivity contribution in [3.05, 3.63) is 110 Å². The highest BCUT2D eigenvalue weighted by Crippen LogP contribution is 2.48. The van der Waals surface area contributed by atoms with Crippen molar-refractivity contribution < 1.29 is 28.9 Å². The number of benzene rings is 3. The van der Waals surface area contributed by atoms with Gasteiger partial charge in [0.1, 0.15) is 19.0 Å². The Morgan fingerprint density at radius 2 is 1.76 bits per heavy atom. The fourth-order valence-corrected chi connectivity index (χ4v) is 6.11. The number of esters is 1. The number of aromatic hydroxyl groups is 1. The average molecular weight is 653 g/mol. The molecule has 0 aromatic heterocycles. The molecular weight excluding hydrogens is 622 g/mol. The van der Waals surface area contributed by atoms with Crippen molar-refractivity contribution >= 4 is 39.3 Å². The Morgan fingerprint density at radius 3 is 2.48 bits per heavy atom. The highest BCUT2D eigenvalue weighted by Gasteiger charge is 2.42. The molecule has 42 heavy (non-hydrogen) atoms. The molecule has 7 nitrogen and oxygen atoms in total. The fourth-order valence-electron chi connectivity index (χ4n) is 5.53. The van der Waals surface area contributed by atoms with E-state index in [0.717, 1.165) is 11.3 Å². The van der Waals surface area contributed by atoms with Crippen LogP contribution >= 0.6 is 27.5 Å². The Hall–Kier alpha value is -3.75. The van der Waals surface area contributed by atoms with Gasteiger partial charge in [0.2, 0.25) is 0 Å². The number of Topliss-reactive ketones (excluding diaryl/α,β-unsaturated/α-hetero) is 1. The van der Waals surface area contributed by atoms with Gasteiger partial charge in [-0.25, -0.2) is 4.79 Å². The summed E-state index contributed by atoms with van der Waals surface area (Å²) in [7, 11) is 0. The quantitative estimate of drug-likeness (QED) is 0.187. The van der Waals surface area contributed by atoms with Crippen LogP contribution in [0.4, 0.5) is 0 Å². The number of rotatable bonds is 9. The lowest BCUT2D eigenvalue weighted by Gasteiger charge is -2.37. The molecule has 0 spiro atoms. The maximum atomic E-state index is 13.9. The smallest absolute Gasteiger partial charge is 0.336 e. The van der Waals surface area contributed by atoms with E-state index in [2.05, 4.69) is 21.2 Å². The molecule has 9 heteroatoms. The average Bonchev–Trinajstić information content (AvgIpc) is 2.97. The largest absolute Gasteiger partial charge is 0.503 e. The second-order valence-electron chi connectivity index (χ2n) is 10.1. The first-order valence-corrected chi connectivity index (χ1v) is 14.9.